The van der Waals surface area contributed by atoms with E-state index in [0.29, 0.717) is 18.2 Å². The van der Waals surface area contributed by atoms with Crippen LogP contribution in [0.3, 0.4) is 0 Å². The standard InChI is InChI=1S/C19H21IN2O/c1-11(20)12(2)22-16-8-9-18(23)17(22)10-14-13-6-4-5-7-15(13)21(3)19(14)16/h4-7,12,16-17H,1,8-10H2,2-3H3/t12-,16+,17+/m1/s1. The summed E-state index contributed by atoms with van der Waals surface area (Å²) in [6.07, 6.45) is 2.45. The predicted molar refractivity (Wildman–Crippen MR) is 102 cm³/mol. The van der Waals surface area contributed by atoms with Crippen LogP contribution in [0, 0.1) is 0 Å². The lowest BCUT2D eigenvalue weighted by Gasteiger charge is -2.48. The summed E-state index contributed by atoms with van der Waals surface area (Å²) in [4.78, 5) is 15.0. The summed E-state index contributed by atoms with van der Waals surface area (Å²) < 4.78 is 3.45. The van der Waals surface area contributed by atoms with Crippen molar-refractivity contribution in [2.24, 2.45) is 7.05 Å². The monoisotopic (exact) mass is 420 g/mol. The summed E-state index contributed by atoms with van der Waals surface area (Å²) in [5.74, 6) is 0.393. The van der Waals surface area contributed by atoms with Gasteiger partial charge >= 0.3 is 0 Å². The molecular weight excluding hydrogens is 399 g/mol. The first-order valence-corrected chi connectivity index (χ1v) is 9.29. The molecule has 3 nitrogen and oxygen atoms in total. The largest absolute Gasteiger partial charge is 0.346 e. The van der Waals surface area contributed by atoms with Crippen LogP contribution in [-0.4, -0.2) is 27.3 Å². The van der Waals surface area contributed by atoms with Gasteiger partial charge in [0, 0.05) is 39.7 Å². The number of Topliss-reactive ketones (excluding diaryl/α,β-unsaturated/α-hetero) is 1. The van der Waals surface area contributed by atoms with Crippen molar-refractivity contribution in [2.75, 3.05) is 0 Å². The number of aryl methyl sites for hydroxylation is 1. The summed E-state index contributed by atoms with van der Waals surface area (Å²) in [5, 5.41) is 1.32. The number of aromatic nitrogens is 1. The van der Waals surface area contributed by atoms with Gasteiger partial charge in [0.1, 0.15) is 5.78 Å². The minimum absolute atomic E-state index is 0.00794. The lowest BCUT2D eigenvalue weighted by molar-refractivity contribution is -0.131. The topological polar surface area (TPSA) is 25.2 Å². The maximum atomic E-state index is 12.6. The van der Waals surface area contributed by atoms with Crippen LogP contribution in [0.25, 0.3) is 10.9 Å². The van der Waals surface area contributed by atoms with Crippen molar-refractivity contribution >= 4 is 39.3 Å². The molecule has 4 heteroatoms. The summed E-state index contributed by atoms with van der Waals surface area (Å²) in [6, 6.07) is 9.13. The Kier molecular flexibility index (Phi) is 3.65. The van der Waals surface area contributed by atoms with Gasteiger partial charge in [-0.1, -0.05) is 24.8 Å². The number of ketones is 1. The number of carbonyl (C=O) groups is 1. The highest BCUT2D eigenvalue weighted by molar-refractivity contribution is 14.1. The van der Waals surface area contributed by atoms with Gasteiger partial charge < -0.3 is 4.57 Å². The van der Waals surface area contributed by atoms with Crippen molar-refractivity contribution in [3.63, 3.8) is 0 Å². The number of fused-ring (bicyclic) bond motifs is 6. The Bertz CT molecular complexity index is 822. The van der Waals surface area contributed by atoms with E-state index in [1.54, 1.807) is 0 Å². The minimum atomic E-state index is 0.00794. The highest BCUT2D eigenvalue weighted by Gasteiger charge is 2.46. The summed E-state index contributed by atoms with van der Waals surface area (Å²) >= 11 is 2.31. The molecule has 0 N–H and O–H groups in total. The van der Waals surface area contributed by atoms with Gasteiger partial charge in [-0.3, -0.25) is 9.69 Å². The van der Waals surface area contributed by atoms with E-state index in [2.05, 4.69) is 76.9 Å². The minimum Gasteiger partial charge on any atom is -0.346 e. The number of nitrogens with zero attached hydrogens (tertiary/aromatic N) is 2. The second-order valence-corrected chi connectivity index (χ2v) is 8.14. The van der Waals surface area contributed by atoms with Gasteiger partial charge in [0.05, 0.1) is 12.1 Å². The second kappa shape index (κ2) is 5.45. The van der Waals surface area contributed by atoms with E-state index < -0.39 is 0 Å². The van der Waals surface area contributed by atoms with E-state index in [1.165, 1.54) is 22.2 Å². The van der Waals surface area contributed by atoms with Crippen LogP contribution in [0.4, 0.5) is 0 Å². The molecule has 2 aliphatic rings. The van der Waals surface area contributed by atoms with E-state index in [4.69, 9.17) is 0 Å². The lowest BCUT2D eigenvalue weighted by Crippen LogP contribution is -2.55. The van der Waals surface area contributed by atoms with Crippen molar-refractivity contribution in [2.45, 2.75) is 44.3 Å². The molecule has 0 saturated carbocycles. The number of piperidine rings is 1. The SMILES string of the molecule is C=C(I)[C@@H](C)N1[C@H]2Cc3c(n(C)c4ccccc34)[C@@H]1CCC2=O. The number of carbonyl (C=O) groups excluding carboxylic acids is 1. The highest BCUT2D eigenvalue weighted by atomic mass is 127. The third kappa shape index (κ3) is 2.14. The molecule has 4 rings (SSSR count). The number of para-hydroxylation sites is 1. The Balaban J connectivity index is 1.94. The number of halogens is 1. The molecular formula is C19H21IN2O. The zero-order chi connectivity index (χ0) is 16.3. The van der Waals surface area contributed by atoms with E-state index in [1.807, 2.05) is 0 Å². The van der Waals surface area contributed by atoms with Crippen LogP contribution >= 0.6 is 22.6 Å². The normalized spacial score (nSPS) is 25.4. The number of benzene rings is 1. The zero-order valence-electron chi connectivity index (χ0n) is 13.6. The second-order valence-electron chi connectivity index (χ2n) is 6.75. The van der Waals surface area contributed by atoms with Crippen LogP contribution < -0.4 is 0 Å². The fraction of sp³-hybridized carbons (Fsp3) is 0.421. The number of rotatable bonds is 2. The Morgan fingerprint density at radius 1 is 1.35 bits per heavy atom. The van der Waals surface area contributed by atoms with Gasteiger partial charge in [-0.2, -0.15) is 0 Å². The fourth-order valence-corrected chi connectivity index (χ4v) is 4.82. The van der Waals surface area contributed by atoms with Crippen LogP contribution in [0.2, 0.25) is 0 Å². The van der Waals surface area contributed by atoms with Crippen molar-refractivity contribution < 1.29 is 4.79 Å². The van der Waals surface area contributed by atoms with Gasteiger partial charge in [0.15, 0.2) is 0 Å². The van der Waals surface area contributed by atoms with Gasteiger partial charge in [0.25, 0.3) is 0 Å². The molecule has 1 saturated heterocycles. The van der Waals surface area contributed by atoms with Gasteiger partial charge in [-0.05, 0) is 54.0 Å². The molecule has 3 atom stereocenters. The Hall–Kier alpha value is -1.14. The molecule has 0 radical (unpaired) electrons. The Morgan fingerprint density at radius 3 is 2.83 bits per heavy atom. The number of hydrogen-bond acceptors (Lipinski definition) is 2. The maximum Gasteiger partial charge on any atom is 0.150 e. The molecule has 0 amide bonds. The van der Waals surface area contributed by atoms with Crippen LogP contribution in [0.15, 0.2) is 34.4 Å². The molecule has 1 fully saturated rings. The van der Waals surface area contributed by atoms with E-state index in [-0.39, 0.29) is 12.1 Å². The number of hydrogen-bond donors (Lipinski definition) is 0. The highest BCUT2D eigenvalue weighted by Crippen LogP contribution is 2.46. The summed E-state index contributed by atoms with van der Waals surface area (Å²) in [6.45, 7) is 6.31. The van der Waals surface area contributed by atoms with Crippen LogP contribution in [-0.2, 0) is 18.3 Å². The maximum absolute atomic E-state index is 12.6. The molecule has 0 spiro atoms. The Labute approximate surface area is 150 Å². The molecule has 2 bridgehead atoms. The average Bonchev–Trinajstić information content (AvgIpc) is 2.83. The quantitative estimate of drug-likeness (QED) is 0.683. The molecule has 1 aromatic heterocycles. The first kappa shape index (κ1) is 15.4. The van der Waals surface area contributed by atoms with Crippen molar-refractivity contribution in [3.05, 3.63) is 45.7 Å². The van der Waals surface area contributed by atoms with E-state index in [0.717, 1.165) is 16.4 Å². The molecule has 23 heavy (non-hydrogen) atoms. The molecule has 2 aliphatic heterocycles. The van der Waals surface area contributed by atoms with Crippen molar-refractivity contribution in [1.82, 2.24) is 9.47 Å². The predicted octanol–water partition coefficient (Wildman–Crippen LogP) is 4.15. The third-order valence-electron chi connectivity index (χ3n) is 5.63. The first-order valence-electron chi connectivity index (χ1n) is 8.21. The smallest absolute Gasteiger partial charge is 0.150 e. The van der Waals surface area contributed by atoms with Gasteiger partial charge in [0.2, 0.25) is 0 Å². The molecule has 2 aromatic rings. The van der Waals surface area contributed by atoms with Crippen LogP contribution in [0.1, 0.15) is 37.1 Å². The van der Waals surface area contributed by atoms with E-state index >= 15 is 0 Å². The lowest BCUT2D eigenvalue weighted by atomic mass is 9.80. The molecule has 0 unspecified atom stereocenters. The first-order chi connectivity index (χ1) is 11.0. The summed E-state index contributed by atoms with van der Waals surface area (Å²) in [5.41, 5.74) is 4.06. The van der Waals surface area contributed by atoms with Gasteiger partial charge in [-0.25, -0.2) is 0 Å². The van der Waals surface area contributed by atoms with Crippen molar-refractivity contribution in [1.29, 1.82) is 0 Å². The van der Waals surface area contributed by atoms with Gasteiger partial charge in [-0.15, -0.1) is 0 Å². The Morgan fingerprint density at radius 2 is 2.09 bits per heavy atom. The summed E-state index contributed by atoms with van der Waals surface area (Å²) in [7, 11) is 2.17. The molecule has 0 aliphatic carbocycles. The molecule has 3 heterocycles. The van der Waals surface area contributed by atoms with E-state index in [9.17, 15) is 4.79 Å². The molecule has 1 aromatic carbocycles. The zero-order valence-corrected chi connectivity index (χ0v) is 15.7. The average molecular weight is 420 g/mol. The molecule has 120 valence electrons. The fourth-order valence-electron chi connectivity index (χ4n) is 4.50. The van der Waals surface area contributed by atoms with Crippen LogP contribution in [0.5, 0.6) is 0 Å². The third-order valence-corrected chi connectivity index (χ3v) is 6.53. The van der Waals surface area contributed by atoms with Crippen molar-refractivity contribution in [3.8, 4) is 0 Å².